The number of nitrogens with zero attached hydrogens (tertiary/aromatic N) is 2. The molecule has 0 amide bonds. The molecule has 6 heteroatoms. The van der Waals surface area contributed by atoms with Crippen LogP contribution in [0.3, 0.4) is 0 Å². The molecule has 0 aromatic carbocycles. The highest BCUT2D eigenvalue weighted by Crippen LogP contribution is 2.28. The zero-order chi connectivity index (χ0) is 13.1. The van der Waals surface area contributed by atoms with E-state index in [9.17, 15) is 10.2 Å². The summed E-state index contributed by atoms with van der Waals surface area (Å²) in [6, 6.07) is 3.40. The van der Waals surface area contributed by atoms with Crippen LogP contribution in [0.4, 0.5) is 11.5 Å². The van der Waals surface area contributed by atoms with Crippen molar-refractivity contribution in [1.29, 1.82) is 0 Å². The molecule has 4 N–H and O–H groups in total. The Morgan fingerprint density at radius 1 is 1.56 bits per heavy atom. The topological polar surface area (TPSA) is 91.8 Å². The number of aromatic nitrogens is 1. The molecule has 2 heterocycles. The maximum absolute atomic E-state index is 9.65. The van der Waals surface area contributed by atoms with Crippen LogP contribution < -0.4 is 15.4 Å². The monoisotopic (exact) mass is 253 g/mol. The summed E-state index contributed by atoms with van der Waals surface area (Å²) in [5.41, 5.74) is 6.25. The van der Waals surface area contributed by atoms with Gasteiger partial charge >= 0.3 is 0 Å². The Hall–Kier alpha value is -1.53. The van der Waals surface area contributed by atoms with Gasteiger partial charge in [0.15, 0.2) is 0 Å². The molecule has 1 aromatic rings. The molecule has 2 unspecified atom stereocenters. The van der Waals surface area contributed by atoms with Gasteiger partial charge in [-0.3, -0.25) is 0 Å². The largest absolute Gasteiger partial charge is 0.476 e. The van der Waals surface area contributed by atoms with E-state index < -0.39 is 6.10 Å². The van der Waals surface area contributed by atoms with Gasteiger partial charge in [0.25, 0.3) is 0 Å². The number of hydrogen-bond donors (Lipinski definition) is 3. The van der Waals surface area contributed by atoms with Gasteiger partial charge in [-0.25, -0.2) is 0 Å². The van der Waals surface area contributed by atoms with E-state index in [4.69, 9.17) is 10.5 Å². The molecule has 0 aliphatic carbocycles. The van der Waals surface area contributed by atoms with Crippen LogP contribution in [0.15, 0.2) is 12.1 Å². The Morgan fingerprint density at radius 2 is 2.33 bits per heavy atom. The van der Waals surface area contributed by atoms with E-state index in [1.54, 1.807) is 12.1 Å². The van der Waals surface area contributed by atoms with Crippen molar-refractivity contribution < 1.29 is 14.9 Å². The van der Waals surface area contributed by atoms with Crippen molar-refractivity contribution in [3.63, 3.8) is 0 Å². The van der Waals surface area contributed by atoms with E-state index in [0.717, 1.165) is 0 Å². The van der Waals surface area contributed by atoms with Crippen LogP contribution in [-0.4, -0.2) is 47.1 Å². The summed E-state index contributed by atoms with van der Waals surface area (Å²) in [6.07, 6.45) is 0.115. The summed E-state index contributed by atoms with van der Waals surface area (Å²) >= 11 is 0. The Balaban J connectivity index is 2.24. The zero-order valence-corrected chi connectivity index (χ0v) is 10.4. The minimum atomic E-state index is -0.433. The number of aliphatic hydroxyl groups is 2. The van der Waals surface area contributed by atoms with Gasteiger partial charge in [0.05, 0.1) is 31.0 Å². The summed E-state index contributed by atoms with van der Waals surface area (Å²) < 4.78 is 5.34. The number of β-amino-alcohol motifs (C(OH)–C–C–N with tert-alkyl or cyclic N) is 1. The molecule has 0 radical (unpaired) electrons. The zero-order valence-electron chi connectivity index (χ0n) is 10.4. The molecule has 1 aromatic heterocycles. The summed E-state index contributed by atoms with van der Waals surface area (Å²) in [4.78, 5) is 6.21. The average Bonchev–Trinajstić information content (AvgIpc) is 2.73. The number of hydrogen-bond acceptors (Lipinski definition) is 6. The van der Waals surface area contributed by atoms with Crippen molar-refractivity contribution >= 4 is 11.5 Å². The molecule has 2 rings (SSSR count). The molecule has 1 aliphatic rings. The van der Waals surface area contributed by atoms with E-state index in [1.807, 2.05) is 11.8 Å². The van der Waals surface area contributed by atoms with Crippen LogP contribution in [0.1, 0.15) is 13.3 Å². The van der Waals surface area contributed by atoms with Crippen LogP contribution in [0, 0.1) is 0 Å². The van der Waals surface area contributed by atoms with Crippen LogP contribution in [0.2, 0.25) is 0 Å². The standard InChI is InChI=1S/C12H19N3O3/c1-2-18-12-10(13)3-4-11(14-12)15-6-9(17)5-8(15)7-16/h3-4,8-9,16-17H,2,5-7,13H2,1H3. The highest BCUT2D eigenvalue weighted by atomic mass is 16.5. The second-order valence-electron chi connectivity index (χ2n) is 4.38. The van der Waals surface area contributed by atoms with E-state index >= 15 is 0 Å². The van der Waals surface area contributed by atoms with E-state index in [2.05, 4.69) is 4.98 Å². The van der Waals surface area contributed by atoms with Gasteiger partial charge in [-0.1, -0.05) is 0 Å². The van der Waals surface area contributed by atoms with Crippen LogP contribution >= 0.6 is 0 Å². The molecule has 100 valence electrons. The van der Waals surface area contributed by atoms with E-state index in [-0.39, 0.29) is 12.6 Å². The maximum atomic E-state index is 9.65. The lowest BCUT2D eigenvalue weighted by Crippen LogP contribution is -2.33. The summed E-state index contributed by atoms with van der Waals surface area (Å²) in [6.45, 7) is 2.82. The summed E-state index contributed by atoms with van der Waals surface area (Å²) in [5.74, 6) is 1.07. The Kier molecular flexibility index (Phi) is 3.88. The quantitative estimate of drug-likeness (QED) is 0.699. The van der Waals surface area contributed by atoms with Gasteiger partial charge in [0.2, 0.25) is 5.88 Å². The van der Waals surface area contributed by atoms with Crippen molar-refractivity contribution in [1.82, 2.24) is 4.98 Å². The highest BCUT2D eigenvalue weighted by Gasteiger charge is 2.31. The Morgan fingerprint density at radius 3 is 3.00 bits per heavy atom. The van der Waals surface area contributed by atoms with E-state index in [1.165, 1.54) is 0 Å². The average molecular weight is 253 g/mol. The van der Waals surface area contributed by atoms with Gasteiger partial charge < -0.3 is 25.6 Å². The van der Waals surface area contributed by atoms with E-state index in [0.29, 0.717) is 37.0 Å². The number of pyridine rings is 1. The minimum Gasteiger partial charge on any atom is -0.476 e. The molecule has 2 atom stereocenters. The number of ether oxygens (including phenoxy) is 1. The number of nitrogens with two attached hydrogens (primary N) is 1. The maximum Gasteiger partial charge on any atom is 0.239 e. The Bertz CT molecular complexity index is 414. The Labute approximate surface area is 106 Å². The van der Waals surface area contributed by atoms with Crippen molar-refractivity contribution in [2.24, 2.45) is 0 Å². The van der Waals surface area contributed by atoms with Crippen LogP contribution in [-0.2, 0) is 0 Å². The normalized spacial score (nSPS) is 23.4. The number of aliphatic hydroxyl groups excluding tert-OH is 2. The summed E-state index contributed by atoms with van der Waals surface area (Å²) in [7, 11) is 0. The van der Waals surface area contributed by atoms with Crippen molar-refractivity contribution in [3.8, 4) is 5.88 Å². The van der Waals surface area contributed by atoms with Crippen molar-refractivity contribution in [3.05, 3.63) is 12.1 Å². The van der Waals surface area contributed by atoms with Crippen LogP contribution in [0.25, 0.3) is 0 Å². The fraction of sp³-hybridized carbons (Fsp3) is 0.583. The molecule has 1 aliphatic heterocycles. The fourth-order valence-corrected chi connectivity index (χ4v) is 2.20. The molecule has 6 nitrogen and oxygen atoms in total. The van der Waals surface area contributed by atoms with Gasteiger partial charge in [-0.05, 0) is 25.5 Å². The smallest absolute Gasteiger partial charge is 0.239 e. The first-order valence-corrected chi connectivity index (χ1v) is 6.10. The first-order chi connectivity index (χ1) is 8.65. The van der Waals surface area contributed by atoms with Gasteiger partial charge in [0.1, 0.15) is 5.82 Å². The van der Waals surface area contributed by atoms with Crippen molar-refractivity contribution in [2.75, 3.05) is 30.4 Å². The van der Waals surface area contributed by atoms with Crippen molar-refractivity contribution in [2.45, 2.75) is 25.5 Å². The fourth-order valence-electron chi connectivity index (χ4n) is 2.20. The molecule has 0 bridgehead atoms. The van der Waals surface area contributed by atoms with Gasteiger partial charge in [-0.15, -0.1) is 0 Å². The molecular weight excluding hydrogens is 234 g/mol. The van der Waals surface area contributed by atoms with Gasteiger partial charge in [0, 0.05) is 6.54 Å². The second kappa shape index (κ2) is 5.41. The first kappa shape index (κ1) is 12.9. The lowest BCUT2D eigenvalue weighted by molar-refractivity contribution is 0.184. The predicted molar refractivity (Wildman–Crippen MR) is 68.7 cm³/mol. The minimum absolute atomic E-state index is 0.00686. The third kappa shape index (κ3) is 2.49. The first-order valence-electron chi connectivity index (χ1n) is 6.10. The molecular formula is C12H19N3O3. The lowest BCUT2D eigenvalue weighted by Gasteiger charge is -2.24. The molecule has 1 saturated heterocycles. The summed E-state index contributed by atoms with van der Waals surface area (Å²) in [5, 5.41) is 19.0. The third-order valence-electron chi connectivity index (χ3n) is 3.05. The molecule has 0 saturated carbocycles. The third-order valence-corrected chi connectivity index (χ3v) is 3.05. The number of nitrogen functional groups attached to an aromatic ring is 1. The van der Waals surface area contributed by atoms with Gasteiger partial charge in [-0.2, -0.15) is 4.98 Å². The molecule has 1 fully saturated rings. The predicted octanol–water partition coefficient (Wildman–Crippen LogP) is -0.00560. The molecule has 18 heavy (non-hydrogen) atoms. The highest BCUT2D eigenvalue weighted by molar-refractivity contribution is 5.55. The lowest BCUT2D eigenvalue weighted by atomic mass is 10.2. The second-order valence-corrected chi connectivity index (χ2v) is 4.38. The SMILES string of the molecule is CCOc1nc(N2CC(O)CC2CO)ccc1N. The molecule has 0 spiro atoms. The number of rotatable bonds is 4. The number of anilines is 2. The van der Waals surface area contributed by atoms with Crippen LogP contribution in [0.5, 0.6) is 5.88 Å².